The van der Waals surface area contributed by atoms with Crippen LogP contribution in [0, 0.1) is 0 Å². The Hall–Kier alpha value is -2.15. The van der Waals surface area contributed by atoms with E-state index in [1.54, 1.807) is 4.90 Å². The lowest BCUT2D eigenvalue weighted by molar-refractivity contribution is -0.148. The number of hydrogen-bond acceptors (Lipinski definition) is 6. The fourth-order valence-corrected chi connectivity index (χ4v) is 6.10. The first-order valence-electron chi connectivity index (χ1n) is 21.4. The second-order valence-corrected chi connectivity index (χ2v) is 14.7. The molecule has 0 radical (unpaired) electrons. The average molecular weight is 719 g/mol. The second kappa shape index (κ2) is 39.1. The Kier molecular flexibility index (Phi) is 37.4. The van der Waals surface area contributed by atoms with E-state index in [9.17, 15) is 14.4 Å². The largest absolute Gasteiger partial charge is 0.464 e. The van der Waals surface area contributed by atoms with E-state index in [0.29, 0.717) is 25.9 Å². The normalized spacial score (nSPS) is 11.6. The molecule has 0 saturated heterocycles. The Balaban J connectivity index is 3.92. The molecule has 1 amide bonds. The number of ether oxygens (including phenoxy) is 2. The highest BCUT2D eigenvalue weighted by atomic mass is 16.5. The molecule has 0 aromatic rings. The van der Waals surface area contributed by atoms with Gasteiger partial charge in [0.2, 0.25) is 5.91 Å². The van der Waals surface area contributed by atoms with Crippen molar-refractivity contribution in [1.82, 2.24) is 9.80 Å². The Bertz CT molecular complexity index is 798. The summed E-state index contributed by atoms with van der Waals surface area (Å²) in [6, 6.07) is 0. The van der Waals surface area contributed by atoms with Gasteiger partial charge >= 0.3 is 11.9 Å². The number of nitrogens with zero attached hydrogens (tertiary/aromatic N) is 2. The van der Waals surface area contributed by atoms with Crippen molar-refractivity contribution < 1.29 is 23.9 Å². The Morgan fingerprint density at radius 2 is 0.765 bits per heavy atom. The fourth-order valence-electron chi connectivity index (χ4n) is 6.10. The molecule has 0 aliphatic carbocycles. The summed E-state index contributed by atoms with van der Waals surface area (Å²) in [5, 5.41) is 0. The van der Waals surface area contributed by atoms with Crippen molar-refractivity contribution in [2.75, 3.05) is 46.9 Å². The minimum absolute atomic E-state index is 0.0680. The third-order valence-corrected chi connectivity index (χ3v) is 9.34. The van der Waals surface area contributed by atoms with Crippen LogP contribution in [0.2, 0.25) is 0 Å². The van der Waals surface area contributed by atoms with Crippen LogP contribution in [-0.2, 0) is 23.9 Å². The van der Waals surface area contributed by atoms with Crippen LogP contribution in [0.25, 0.3) is 0 Å². The number of rotatable bonds is 38. The lowest BCUT2D eigenvalue weighted by Crippen LogP contribution is -2.42. The first-order valence-corrected chi connectivity index (χ1v) is 21.4. The van der Waals surface area contributed by atoms with Gasteiger partial charge in [0.05, 0.1) is 19.6 Å². The van der Waals surface area contributed by atoms with E-state index in [1.807, 2.05) is 19.0 Å². The molecule has 0 unspecified atom stereocenters. The fraction of sp³-hybridized carbons (Fsp3) is 0.841. The van der Waals surface area contributed by atoms with Gasteiger partial charge < -0.3 is 19.3 Å². The third-order valence-electron chi connectivity index (χ3n) is 9.34. The lowest BCUT2D eigenvalue weighted by atomic mass is 10.1. The van der Waals surface area contributed by atoms with Crippen molar-refractivity contribution in [3.63, 3.8) is 0 Å². The summed E-state index contributed by atoms with van der Waals surface area (Å²) in [6.45, 7) is 5.70. The molecule has 0 aromatic heterocycles. The quantitative estimate of drug-likeness (QED) is 0.0359. The van der Waals surface area contributed by atoms with E-state index in [1.165, 1.54) is 116 Å². The summed E-state index contributed by atoms with van der Waals surface area (Å²) < 4.78 is 10.9. The van der Waals surface area contributed by atoms with Crippen LogP contribution in [0.4, 0.5) is 0 Å². The molecule has 7 nitrogen and oxygen atoms in total. The molecule has 0 spiro atoms. The van der Waals surface area contributed by atoms with Crippen molar-refractivity contribution in [2.45, 2.75) is 194 Å². The van der Waals surface area contributed by atoms with Gasteiger partial charge in [-0.15, -0.1) is 0 Å². The van der Waals surface area contributed by atoms with E-state index in [4.69, 9.17) is 9.47 Å². The van der Waals surface area contributed by atoms with Crippen molar-refractivity contribution in [2.24, 2.45) is 0 Å². The molecule has 0 aliphatic rings. The molecule has 0 atom stereocenters. The van der Waals surface area contributed by atoms with Crippen LogP contribution >= 0.6 is 0 Å². The summed E-state index contributed by atoms with van der Waals surface area (Å²) >= 11 is 0. The molecular weight excluding hydrogens is 636 g/mol. The maximum atomic E-state index is 12.8. The number of esters is 2. The zero-order valence-corrected chi connectivity index (χ0v) is 34.1. The number of allylic oxidation sites excluding steroid dienone is 4. The molecule has 0 fully saturated rings. The molecule has 51 heavy (non-hydrogen) atoms. The standard InChI is InChI=1S/C44H82N2O5/c1-5-7-9-11-13-15-17-19-21-23-25-27-29-31-33-35-43(48)50-39-37-46(42(47)41-45(3)4)38-40-51-44(49)36-34-32-30-28-26-24-22-20-18-16-14-12-10-8-6-2/h19-22H,5-18,23-41H2,1-4H3. The zero-order chi connectivity index (χ0) is 37.5. The van der Waals surface area contributed by atoms with Crippen molar-refractivity contribution in [3.8, 4) is 0 Å². The minimum atomic E-state index is -0.209. The zero-order valence-electron chi connectivity index (χ0n) is 34.1. The highest BCUT2D eigenvalue weighted by molar-refractivity contribution is 5.78. The van der Waals surface area contributed by atoms with E-state index >= 15 is 0 Å². The number of amides is 1. The van der Waals surface area contributed by atoms with Gasteiger partial charge in [0.25, 0.3) is 0 Å². The molecular formula is C44H82N2O5. The van der Waals surface area contributed by atoms with E-state index in [2.05, 4.69) is 38.2 Å². The molecule has 298 valence electrons. The van der Waals surface area contributed by atoms with Gasteiger partial charge in [0.15, 0.2) is 0 Å². The number of hydrogen-bond donors (Lipinski definition) is 0. The molecule has 0 aromatic carbocycles. The molecule has 0 aliphatic heterocycles. The van der Waals surface area contributed by atoms with Crippen LogP contribution in [-0.4, -0.2) is 74.6 Å². The highest BCUT2D eigenvalue weighted by Gasteiger charge is 2.16. The van der Waals surface area contributed by atoms with Gasteiger partial charge in [-0.3, -0.25) is 14.4 Å². The second-order valence-electron chi connectivity index (χ2n) is 14.7. The smallest absolute Gasteiger partial charge is 0.305 e. The van der Waals surface area contributed by atoms with Gasteiger partial charge in [-0.25, -0.2) is 0 Å². The van der Waals surface area contributed by atoms with E-state index < -0.39 is 0 Å². The maximum Gasteiger partial charge on any atom is 0.305 e. The van der Waals surface area contributed by atoms with Crippen molar-refractivity contribution in [3.05, 3.63) is 24.3 Å². The van der Waals surface area contributed by atoms with Crippen LogP contribution in [0.1, 0.15) is 194 Å². The van der Waals surface area contributed by atoms with Gasteiger partial charge in [0, 0.05) is 12.8 Å². The van der Waals surface area contributed by atoms with Crippen LogP contribution < -0.4 is 0 Å². The predicted octanol–water partition coefficient (Wildman–Crippen LogP) is 11.5. The molecule has 0 N–H and O–H groups in total. The van der Waals surface area contributed by atoms with Gasteiger partial charge in [-0.05, 0) is 78.3 Å². The minimum Gasteiger partial charge on any atom is -0.464 e. The van der Waals surface area contributed by atoms with Crippen LogP contribution in [0.15, 0.2) is 24.3 Å². The number of carbonyl (C=O) groups is 3. The van der Waals surface area contributed by atoms with Crippen molar-refractivity contribution in [1.29, 1.82) is 0 Å². The predicted molar refractivity (Wildman–Crippen MR) is 216 cm³/mol. The monoisotopic (exact) mass is 719 g/mol. The van der Waals surface area contributed by atoms with Gasteiger partial charge in [-0.2, -0.15) is 0 Å². The summed E-state index contributed by atoms with van der Waals surface area (Å²) in [5.41, 5.74) is 0. The highest BCUT2D eigenvalue weighted by Crippen LogP contribution is 2.12. The van der Waals surface area contributed by atoms with Gasteiger partial charge in [0.1, 0.15) is 13.2 Å². The van der Waals surface area contributed by atoms with Crippen LogP contribution in [0.5, 0.6) is 0 Å². The Morgan fingerprint density at radius 3 is 1.10 bits per heavy atom. The van der Waals surface area contributed by atoms with E-state index in [-0.39, 0.29) is 37.6 Å². The Labute approximate surface area is 315 Å². The topological polar surface area (TPSA) is 76.1 Å². The number of likely N-dealkylation sites (N-methyl/N-ethyl adjacent to an activating group) is 1. The average Bonchev–Trinajstić information content (AvgIpc) is 3.10. The summed E-state index contributed by atoms with van der Waals surface area (Å²) in [6.07, 6.45) is 42.0. The Morgan fingerprint density at radius 1 is 0.451 bits per heavy atom. The number of carbonyl (C=O) groups excluding carboxylic acids is 3. The maximum absolute atomic E-state index is 12.8. The number of unbranched alkanes of at least 4 members (excludes halogenated alkanes) is 22. The van der Waals surface area contributed by atoms with Gasteiger partial charge in [-0.1, -0.05) is 141 Å². The molecule has 0 heterocycles. The van der Waals surface area contributed by atoms with Crippen LogP contribution in [0.3, 0.4) is 0 Å². The van der Waals surface area contributed by atoms with Crippen molar-refractivity contribution >= 4 is 17.8 Å². The summed E-state index contributed by atoms with van der Waals surface area (Å²) in [4.78, 5) is 40.8. The summed E-state index contributed by atoms with van der Waals surface area (Å²) in [5.74, 6) is -0.486. The van der Waals surface area contributed by atoms with E-state index in [0.717, 1.165) is 51.4 Å². The molecule has 0 bridgehead atoms. The lowest BCUT2D eigenvalue weighted by Gasteiger charge is -2.24. The molecule has 0 rings (SSSR count). The molecule has 0 saturated carbocycles. The first kappa shape index (κ1) is 48.9. The SMILES string of the molecule is CCCCCCCCC=CCCCCCCCC(=O)OCCN(CCOC(=O)CCCCCCCC=CCCCCCCCC)C(=O)CN(C)C. The summed E-state index contributed by atoms with van der Waals surface area (Å²) in [7, 11) is 3.69. The third kappa shape index (κ3) is 37.4. The molecule has 7 heteroatoms. The first-order chi connectivity index (χ1) is 24.9.